The molecule has 0 bridgehead atoms. The van der Waals surface area contributed by atoms with Gasteiger partial charge in [-0.05, 0) is 55.9 Å². The van der Waals surface area contributed by atoms with Gasteiger partial charge in [-0.25, -0.2) is 4.98 Å². The van der Waals surface area contributed by atoms with Crippen LogP contribution in [-0.2, 0) is 19.4 Å². The third-order valence-electron chi connectivity index (χ3n) is 3.76. The molecule has 2 nitrogen and oxygen atoms in total. The molecule has 3 heteroatoms. The van der Waals surface area contributed by atoms with Crippen molar-refractivity contribution in [2.24, 2.45) is 5.73 Å². The zero-order valence-corrected chi connectivity index (χ0v) is 12.7. The van der Waals surface area contributed by atoms with Crippen LogP contribution in [0.3, 0.4) is 0 Å². The second-order valence-corrected chi connectivity index (χ2v) is 6.45. The van der Waals surface area contributed by atoms with Crippen LogP contribution >= 0.6 is 11.8 Å². The number of hydrogen-bond donors (Lipinski definition) is 1. The fraction of sp³-hybridized carbons (Fsp3) is 0.353. The van der Waals surface area contributed by atoms with E-state index in [2.05, 4.69) is 37.3 Å². The van der Waals surface area contributed by atoms with Gasteiger partial charge in [0.2, 0.25) is 0 Å². The molecule has 0 atom stereocenters. The van der Waals surface area contributed by atoms with E-state index in [-0.39, 0.29) is 0 Å². The molecule has 20 heavy (non-hydrogen) atoms. The second-order valence-electron chi connectivity index (χ2n) is 5.39. The molecular weight excluding hydrogens is 264 g/mol. The lowest BCUT2D eigenvalue weighted by molar-refractivity contribution is 0.656. The van der Waals surface area contributed by atoms with Gasteiger partial charge in [0.05, 0.1) is 0 Å². The Balaban J connectivity index is 1.95. The first-order valence-corrected chi connectivity index (χ1v) is 8.04. The summed E-state index contributed by atoms with van der Waals surface area (Å²) in [6.07, 6.45) is 4.81. The molecule has 2 aromatic rings. The molecule has 1 aliphatic carbocycles. The highest BCUT2D eigenvalue weighted by Crippen LogP contribution is 2.32. The summed E-state index contributed by atoms with van der Waals surface area (Å²) in [5.74, 6) is 0. The van der Waals surface area contributed by atoms with Crippen LogP contribution < -0.4 is 5.73 Å². The zero-order chi connectivity index (χ0) is 13.9. The fourth-order valence-electron chi connectivity index (χ4n) is 2.69. The smallest absolute Gasteiger partial charge is 0.106 e. The molecule has 1 aromatic carbocycles. The summed E-state index contributed by atoms with van der Waals surface area (Å²) >= 11 is 1.73. The van der Waals surface area contributed by atoms with Crippen LogP contribution in [0.25, 0.3) is 0 Å². The van der Waals surface area contributed by atoms with Crippen molar-refractivity contribution in [1.29, 1.82) is 0 Å². The second kappa shape index (κ2) is 5.98. The minimum atomic E-state index is 0.564. The third-order valence-corrected chi connectivity index (χ3v) is 4.80. The summed E-state index contributed by atoms with van der Waals surface area (Å²) in [6.45, 7) is 2.68. The van der Waals surface area contributed by atoms with Crippen LogP contribution in [0.2, 0.25) is 0 Å². The summed E-state index contributed by atoms with van der Waals surface area (Å²) in [4.78, 5) is 6.13. The number of aryl methyl sites for hydroxylation is 3. The number of rotatable bonds is 3. The van der Waals surface area contributed by atoms with E-state index in [1.165, 1.54) is 40.1 Å². The molecule has 2 N–H and O–H groups in total. The number of aromatic nitrogens is 1. The predicted octanol–water partition coefficient (Wildman–Crippen LogP) is 3.88. The van der Waals surface area contributed by atoms with Crippen LogP contribution in [0.4, 0.5) is 0 Å². The van der Waals surface area contributed by atoms with Gasteiger partial charge >= 0.3 is 0 Å². The van der Waals surface area contributed by atoms with E-state index in [1.54, 1.807) is 11.8 Å². The van der Waals surface area contributed by atoms with Gasteiger partial charge < -0.3 is 5.73 Å². The fourth-order valence-corrected chi connectivity index (χ4v) is 3.73. The first-order valence-electron chi connectivity index (χ1n) is 7.22. The molecule has 0 radical (unpaired) electrons. The Morgan fingerprint density at radius 1 is 1.20 bits per heavy atom. The lowest BCUT2D eigenvalue weighted by Gasteiger charge is -2.18. The van der Waals surface area contributed by atoms with E-state index in [0.717, 1.165) is 17.9 Å². The Kier molecular flexibility index (Phi) is 4.08. The monoisotopic (exact) mass is 284 g/mol. The molecule has 1 aliphatic rings. The third kappa shape index (κ3) is 2.89. The number of fused-ring (bicyclic) bond motifs is 1. The van der Waals surface area contributed by atoms with Crippen LogP contribution in [0.15, 0.2) is 40.3 Å². The molecular formula is C17H20N2S. The van der Waals surface area contributed by atoms with E-state index < -0.39 is 0 Å². The van der Waals surface area contributed by atoms with Gasteiger partial charge in [-0.1, -0.05) is 35.5 Å². The van der Waals surface area contributed by atoms with Gasteiger partial charge in [-0.15, -0.1) is 0 Å². The molecule has 0 saturated heterocycles. The first kappa shape index (κ1) is 13.7. The average molecular weight is 284 g/mol. The highest BCUT2D eigenvalue weighted by Gasteiger charge is 2.15. The molecule has 0 fully saturated rings. The number of nitrogens with two attached hydrogens (primary N) is 1. The molecule has 0 amide bonds. The van der Waals surface area contributed by atoms with E-state index in [4.69, 9.17) is 10.7 Å². The maximum atomic E-state index is 5.91. The highest BCUT2D eigenvalue weighted by atomic mass is 32.2. The molecule has 104 valence electrons. The predicted molar refractivity (Wildman–Crippen MR) is 84.1 cm³/mol. The van der Waals surface area contributed by atoms with Crippen LogP contribution in [0, 0.1) is 6.92 Å². The van der Waals surface area contributed by atoms with Gasteiger partial charge in [0, 0.05) is 17.1 Å². The first-order chi connectivity index (χ1) is 9.76. The number of hydrogen-bond acceptors (Lipinski definition) is 3. The standard InChI is InChI=1S/C17H20N2S/c1-12-5-4-7-15(9-12)20-17-14(11-18)10-13-6-2-3-8-16(13)19-17/h4-5,7,9-10H,2-3,6,8,11,18H2,1H3. The van der Waals surface area contributed by atoms with Gasteiger partial charge in [0.15, 0.2) is 0 Å². The van der Waals surface area contributed by atoms with Crippen molar-refractivity contribution < 1.29 is 0 Å². The number of pyridine rings is 1. The van der Waals surface area contributed by atoms with Crippen molar-refractivity contribution in [2.75, 3.05) is 0 Å². The molecule has 0 unspecified atom stereocenters. The minimum Gasteiger partial charge on any atom is -0.326 e. The lowest BCUT2D eigenvalue weighted by atomic mass is 9.95. The Morgan fingerprint density at radius 3 is 2.85 bits per heavy atom. The van der Waals surface area contributed by atoms with Gasteiger partial charge in [-0.3, -0.25) is 0 Å². The van der Waals surface area contributed by atoms with Crippen molar-refractivity contribution in [3.63, 3.8) is 0 Å². The molecule has 0 spiro atoms. The Bertz CT molecular complexity index is 622. The quantitative estimate of drug-likeness (QED) is 0.929. The molecule has 1 aromatic heterocycles. The average Bonchev–Trinajstić information content (AvgIpc) is 2.46. The summed E-state index contributed by atoms with van der Waals surface area (Å²) < 4.78 is 0. The van der Waals surface area contributed by atoms with E-state index in [1.807, 2.05) is 0 Å². The SMILES string of the molecule is Cc1cccc(Sc2nc3c(cc2CN)CCCC3)c1. The maximum Gasteiger partial charge on any atom is 0.106 e. The van der Waals surface area contributed by atoms with E-state index in [9.17, 15) is 0 Å². The lowest BCUT2D eigenvalue weighted by Crippen LogP contribution is -2.10. The van der Waals surface area contributed by atoms with Gasteiger partial charge in [-0.2, -0.15) is 0 Å². The van der Waals surface area contributed by atoms with Crippen molar-refractivity contribution in [3.8, 4) is 0 Å². The maximum absolute atomic E-state index is 5.91. The largest absolute Gasteiger partial charge is 0.326 e. The Hall–Kier alpha value is -1.32. The molecule has 3 rings (SSSR count). The van der Waals surface area contributed by atoms with Crippen molar-refractivity contribution >= 4 is 11.8 Å². The summed E-state index contributed by atoms with van der Waals surface area (Å²) in [5, 5.41) is 1.08. The minimum absolute atomic E-state index is 0.564. The van der Waals surface area contributed by atoms with E-state index >= 15 is 0 Å². The van der Waals surface area contributed by atoms with E-state index in [0.29, 0.717) is 6.54 Å². The summed E-state index contributed by atoms with van der Waals surface area (Å²) in [5.41, 5.74) is 11.1. The van der Waals surface area contributed by atoms with Crippen molar-refractivity contribution in [3.05, 3.63) is 52.7 Å². The van der Waals surface area contributed by atoms with Gasteiger partial charge in [0.25, 0.3) is 0 Å². The van der Waals surface area contributed by atoms with Crippen molar-refractivity contribution in [2.45, 2.75) is 49.1 Å². The molecule has 0 saturated carbocycles. The topological polar surface area (TPSA) is 38.9 Å². The normalized spacial score (nSPS) is 14.1. The Morgan fingerprint density at radius 2 is 2.05 bits per heavy atom. The zero-order valence-electron chi connectivity index (χ0n) is 11.9. The van der Waals surface area contributed by atoms with Crippen LogP contribution in [-0.4, -0.2) is 4.98 Å². The van der Waals surface area contributed by atoms with Crippen LogP contribution in [0.1, 0.15) is 35.2 Å². The number of benzene rings is 1. The van der Waals surface area contributed by atoms with Crippen LogP contribution in [0.5, 0.6) is 0 Å². The molecule has 1 heterocycles. The molecule has 0 aliphatic heterocycles. The Labute approximate surface area is 124 Å². The highest BCUT2D eigenvalue weighted by molar-refractivity contribution is 7.99. The van der Waals surface area contributed by atoms with Gasteiger partial charge in [0.1, 0.15) is 5.03 Å². The number of nitrogens with zero attached hydrogens (tertiary/aromatic N) is 1. The summed E-state index contributed by atoms with van der Waals surface area (Å²) in [6, 6.07) is 10.8. The summed E-state index contributed by atoms with van der Waals surface area (Å²) in [7, 11) is 0. The van der Waals surface area contributed by atoms with Crippen molar-refractivity contribution in [1.82, 2.24) is 4.98 Å².